The van der Waals surface area contributed by atoms with Gasteiger partial charge in [-0.25, -0.2) is 0 Å². The number of benzene rings is 1. The second kappa shape index (κ2) is 5.54. The molecule has 0 atom stereocenters. The Labute approximate surface area is 110 Å². The van der Waals surface area contributed by atoms with Crippen molar-refractivity contribution in [2.24, 2.45) is 0 Å². The Kier molecular flexibility index (Phi) is 4.05. The first-order valence-electron chi connectivity index (χ1n) is 5.30. The van der Waals surface area contributed by atoms with Gasteiger partial charge in [0.25, 0.3) is 0 Å². The van der Waals surface area contributed by atoms with Crippen molar-refractivity contribution in [3.05, 3.63) is 40.2 Å². The third-order valence-electron chi connectivity index (χ3n) is 2.46. The smallest absolute Gasteiger partial charge is 0.127 e. The molecule has 2 nitrogen and oxygen atoms in total. The van der Waals surface area contributed by atoms with Crippen LogP contribution in [0.5, 0.6) is 5.75 Å². The van der Waals surface area contributed by atoms with Gasteiger partial charge in [0, 0.05) is 22.0 Å². The molecule has 0 aliphatic rings. The van der Waals surface area contributed by atoms with E-state index in [-0.39, 0.29) is 0 Å². The number of hydrogen-bond acceptors (Lipinski definition) is 3. The number of halogens is 1. The van der Waals surface area contributed by atoms with Gasteiger partial charge in [0.1, 0.15) is 5.75 Å². The Balaban J connectivity index is 2.40. The molecular weight excluding hydrogens is 254 g/mol. The summed E-state index contributed by atoms with van der Waals surface area (Å²) in [6.07, 6.45) is 0. The van der Waals surface area contributed by atoms with Crippen LogP contribution in [0.2, 0.25) is 5.02 Å². The fraction of sp³-hybridized carbons (Fsp3) is 0.231. The minimum Gasteiger partial charge on any atom is -0.496 e. The number of nitrogens with one attached hydrogen (secondary N) is 1. The van der Waals surface area contributed by atoms with Crippen LogP contribution in [0.15, 0.2) is 29.6 Å². The monoisotopic (exact) mass is 267 g/mol. The molecule has 0 spiro atoms. The maximum Gasteiger partial charge on any atom is 0.127 e. The highest BCUT2D eigenvalue weighted by molar-refractivity contribution is 7.13. The first-order chi connectivity index (χ1) is 8.24. The molecule has 90 valence electrons. The van der Waals surface area contributed by atoms with E-state index in [1.54, 1.807) is 18.4 Å². The standard InChI is InChI=1S/C13H14ClNOS/c1-15-7-9-5-13(17-8-9)11-6-10(14)3-4-12(11)16-2/h3-6,8,15H,7H2,1-2H3. The highest BCUT2D eigenvalue weighted by Gasteiger charge is 2.09. The van der Waals surface area contributed by atoms with Gasteiger partial charge in [-0.2, -0.15) is 0 Å². The average molecular weight is 268 g/mol. The van der Waals surface area contributed by atoms with Crippen molar-refractivity contribution in [2.75, 3.05) is 14.2 Å². The van der Waals surface area contributed by atoms with Gasteiger partial charge in [-0.1, -0.05) is 11.6 Å². The van der Waals surface area contributed by atoms with Gasteiger partial charge in [0.05, 0.1) is 7.11 Å². The van der Waals surface area contributed by atoms with Gasteiger partial charge < -0.3 is 10.1 Å². The average Bonchev–Trinajstić information content (AvgIpc) is 2.78. The van der Waals surface area contributed by atoms with Crippen molar-refractivity contribution in [3.8, 4) is 16.2 Å². The largest absolute Gasteiger partial charge is 0.496 e. The first-order valence-corrected chi connectivity index (χ1v) is 6.56. The predicted octanol–water partition coefficient (Wildman–Crippen LogP) is 3.80. The molecule has 2 aromatic rings. The van der Waals surface area contributed by atoms with Crippen LogP contribution in [0, 0.1) is 0 Å². The van der Waals surface area contributed by atoms with E-state index in [1.807, 2.05) is 25.2 Å². The van der Waals surface area contributed by atoms with Crippen molar-refractivity contribution in [1.82, 2.24) is 5.32 Å². The lowest BCUT2D eigenvalue weighted by molar-refractivity contribution is 0.416. The molecule has 4 heteroatoms. The summed E-state index contributed by atoms with van der Waals surface area (Å²) in [6.45, 7) is 0.874. The van der Waals surface area contributed by atoms with Gasteiger partial charge in [0.2, 0.25) is 0 Å². The summed E-state index contributed by atoms with van der Waals surface area (Å²) in [7, 11) is 3.62. The molecule has 0 saturated carbocycles. The number of thiophene rings is 1. The van der Waals surface area contributed by atoms with Crippen LogP contribution in [0.25, 0.3) is 10.4 Å². The van der Waals surface area contributed by atoms with Crippen molar-refractivity contribution in [1.29, 1.82) is 0 Å². The molecule has 0 radical (unpaired) electrons. The highest BCUT2D eigenvalue weighted by atomic mass is 35.5. The van der Waals surface area contributed by atoms with E-state index in [4.69, 9.17) is 16.3 Å². The molecule has 0 amide bonds. The van der Waals surface area contributed by atoms with E-state index in [1.165, 1.54) is 10.4 Å². The lowest BCUT2D eigenvalue weighted by Gasteiger charge is -2.06. The van der Waals surface area contributed by atoms with Crippen LogP contribution in [0.3, 0.4) is 0 Å². The second-order valence-corrected chi connectivity index (χ2v) is 5.04. The Morgan fingerprint density at radius 3 is 2.88 bits per heavy atom. The fourth-order valence-corrected chi connectivity index (χ4v) is 2.79. The Morgan fingerprint density at radius 1 is 1.35 bits per heavy atom. The number of ether oxygens (including phenoxy) is 1. The zero-order valence-corrected chi connectivity index (χ0v) is 11.4. The summed E-state index contributed by atoms with van der Waals surface area (Å²) in [6, 6.07) is 7.84. The molecule has 0 saturated heterocycles. The Bertz CT molecular complexity index is 510. The molecule has 0 fully saturated rings. The van der Waals surface area contributed by atoms with E-state index < -0.39 is 0 Å². The Morgan fingerprint density at radius 2 is 2.18 bits per heavy atom. The van der Waals surface area contributed by atoms with Gasteiger partial charge in [-0.3, -0.25) is 0 Å². The van der Waals surface area contributed by atoms with Crippen LogP contribution in [0.4, 0.5) is 0 Å². The zero-order chi connectivity index (χ0) is 12.3. The van der Waals surface area contributed by atoms with Crippen LogP contribution in [0.1, 0.15) is 5.56 Å². The lowest BCUT2D eigenvalue weighted by atomic mass is 10.1. The van der Waals surface area contributed by atoms with E-state index in [2.05, 4.69) is 16.8 Å². The second-order valence-electron chi connectivity index (χ2n) is 3.69. The molecular formula is C13H14ClNOS. The molecule has 1 aromatic heterocycles. The van der Waals surface area contributed by atoms with Crippen molar-refractivity contribution in [2.45, 2.75) is 6.54 Å². The van der Waals surface area contributed by atoms with Gasteiger partial charge >= 0.3 is 0 Å². The highest BCUT2D eigenvalue weighted by Crippen LogP contribution is 2.36. The molecule has 1 aromatic carbocycles. The van der Waals surface area contributed by atoms with Crippen molar-refractivity contribution in [3.63, 3.8) is 0 Å². The van der Waals surface area contributed by atoms with Gasteiger partial charge in [-0.05, 0) is 42.3 Å². The third-order valence-corrected chi connectivity index (χ3v) is 3.71. The molecule has 0 bridgehead atoms. The Hall–Kier alpha value is -1.03. The summed E-state index contributed by atoms with van der Waals surface area (Å²) in [4.78, 5) is 1.18. The van der Waals surface area contributed by atoms with Crippen LogP contribution in [-0.4, -0.2) is 14.2 Å². The van der Waals surface area contributed by atoms with Crippen molar-refractivity contribution < 1.29 is 4.74 Å². The normalized spacial score (nSPS) is 10.5. The summed E-state index contributed by atoms with van der Waals surface area (Å²) in [5, 5.41) is 6.01. The van der Waals surface area contributed by atoms with E-state index in [0.29, 0.717) is 0 Å². The molecule has 0 aliphatic carbocycles. The van der Waals surface area contributed by atoms with Crippen LogP contribution >= 0.6 is 22.9 Å². The lowest BCUT2D eigenvalue weighted by Crippen LogP contribution is -2.03. The summed E-state index contributed by atoms with van der Waals surface area (Å²) in [5.41, 5.74) is 2.32. The topological polar surface area (TPSA) is 21.3 Å². The first kappa shape index (κ1) is 12.4. The molecule has 0 unspecified atom stereocenters. The summed E-state index contributed by atoms with van der Waals surface area (Å²) < 4.78 is 5.36. The van der Waals surface area contributed by atoms with Gasteiger partial charge in [-0.15, -0.1) is 11.3 Å². The molecule has 2 rings (SSSR count). The SMILES string of the molecule is CNCc1csc(-c2cc(Cl)ccc2OC)c1. The molecule has 17 heavy (non-hydrogen) atoms. The van der Waals surface area contributed by atoms with E-state index in [9.17, 15) is 0 Å². The van der Waals surface area contributed by atoms with Crippen molar-refractivity contribution >= 4 is 22.9 Å². The maximum absolute atomic E-state index is 6.03. The van der Waals surface area contributed by atoms with Gasteiger partial charge in [0.15, 0.2) is 0 Å². The molecule has 1 N–H and O–H groups in total. The maximum atomic E-state index is 6.03. The summed E-state index contributed by atoms with van der Waals surface area (Å²) in [5.74, 6) is 0.854. The minimum atomic E-state index is 0.726. The molecule has 1 heterocycles. The quantitative estimate of drug-likeness (QED) is 0.910. The summed E-state index contributed by atoms with van der Waals surface area (Å²) >= 11 is 7.73. The zero-order valence-electron chi connectivity index (χ0n) is 9.79. The number of hydrogen-bond donors (Lipinski definition) is 1. The van der Waals surface area contributed by atoms with E-state index >= 15 is 0 Å². The van der Waals surface area contributed by atoms with E-state index in [0.717, 1.165) is 22.9 Å². The fourth-order valence-electron chi connectivity index (χ4n) is 1.69. The number of rotatable bonds is 4. The minimum absolute atomic E-state index is 0.726. The predicted molar refractivity (Wildman–Crippen MR) is 74.1 cm³/mol. The van der Waals surface area contributed by atoms with Crippen LogP contribution < -0.4 is 10.1 Å². The van der Waals surface area contributed by atoms with Crippen LogP contribution in [-0.2, 0) is 6.54 Å². The number of methoxy groups -OCH3 is 1. The molecule has 0 aliphatic heterocycles. The third kappa shape index (κ3) is 2.80.